The lowest BCUT2D eigenvalue weighted by Crippen LogP contribution is -2.42. The van der Waals surface area contributed by atoms with Crippen molar-refractivity contribution in [2.75, 3.05) is 13.6 Å². The molecule has 0 bridgehead atoms. The van der Waals surface area contributed by atoms with E-state index < -0.39 is 0 Å². The number of nitrogens with one attached hydrogen (secondary N) is 1. The molecule has 1 heterocycles. The second kappa shape index (κ2) is 3.89. The number of likely N-dealkylation sites (tertiary alicyclic amines) is 1. The monoisotopic (exact) mass is 196 g/mol. The standard InChI is InChI=1S/C11H20N2O/c1-8-4-3-5-10(8)13-7-6-9(12-2)11(13)14/h8-10,12H,3-7H2,1-2H3. The van der Waals surface area contributed by atoms with Crippen LogP contribution in [-0.2, 0) is 4.79 Å². The molecule has 0 aromatic rings. The summed E-state index contributed by atoms with van der Waals surface area (Å²) in [5.74, 6) is 1.03. The molecule has 14 heavy (non-hydrogen) atoms. The van der Waals surface area contributed by atoms with Crippen LogP contribution in [-0.4, -0.2) is 36.5 Å². The van der Waals surface area contributed by atoms with Crippen molar-refractivity contribution in [1.29, 1.82) is 0 Å². The Hall–Kier alpha value is -0.570. The van der Waals surface area contributed by atoms with E-state index in [-0.39, 0.29) is 6.04 Å². The van der Waals surface area contributed by atoms with Gasteiger partial charge in [0.2, 0.25) is 5.91 Å². The number of hydrogen-bond donors (Lipinski definition) is 1. The van der Waals surface area contributed by atoms with Crippen molar-refractivity contribution in [3.8, 4) is 0 Å². The fraction of sp³-hybridized carbons (Fsp3) is 0.909. The van der Waals surface area contributed by atoms with E-state index in [9.17, 15) is 4.79 Å². The van der Waals surface area contributed by atoms with Crippen molar-refractivity contribution >= 4 is 5.91 Å². The molecule has 3 nitrogen and oxygen atoms in total. The number of hydrogen-bond acceptors (Lipinski definition) is 2. The van der Waals surface area contributed by atoms with Crippen LogP contribution in [0.4, 0.5) is 0 Å². The second-order valence-electron chi connectivity index (χ2n) is 4.64. The average molecular weight is 196 g/mol. The molecular formula is C11H20N2O. The van der Waals surface area contributed by atoms with Gasteiger partial charge in [-0.2, -0.15) is 0 Å². The Balaban J connectivity index is 2.02. The summed E-state index contributed by atoms with van der Waals surface area (Å²) in [6.07, 6.45) is 4.78. The van der Waals surface area contributed by atoms with E-state index in [0.717, 1.165) is 13.0 Å². The fourth-order valence-corrected chi connectivity index (χ4v) is 2.89. The molecule has 3 heteroatoms. The van der Waals surface area contributed by atoms with Crippen LogP contribution in [0.2, 0.25) is 0 Å². The van der Waals surface area contributed by atoms with Crippen molar-refractivity contribution < 1.29 is 4.79 Å². The van der Waals surface area contributed by atoms with Gasteiger partial charge in [0, 0.05) is 12.6 Å². The van der Waals surface area contributed by atoms with Crippen molar-refractivity contribution in [2.45, 2.75) is 44.7 Å². The summed E-state index contributed by atoms with van der Waals surface area (Å²) in [7, 11) is 1.88. The molecule has 0 aromatic heterocycles. The minimum absolute atomic E-state index is 0.0859. The van der Waals surface area contributed by atoms with E-state index in [1.165, 1.54) is 19.3 Å². The minimum Gasteiger partial charge on any atom is -0.338 e. The lowest BCUT2D eigenvalue weighted by Gasteiger charge is -2.27. The first-order valence-electron chi connectivity index (χ1n) is 5.71. The van der Waals surface area contributed by atoms with Crippen molar-refractivity contribution in [1.82, 2.24) is 10.2 Å². The molecule has 1 aliphatic carbocycles. The minimum atomic E-state index is 0.0859. The number of carbonyl (C=O) groups excluding carboxylic acids is 1. The highest BCUT2D eigenvalue weighted by Crippen LogP contribution is 2.31. The molecule has 80 valence electrons. The van der Waals surface area contributed by atoms with Crippen LogP contribution >= 0.6 is 0 Å². The van der Waals surface area contributed by atoms with Gasteiger partial charge >= 0.3 is 0 Å². The van der Waals surface area contributed by atoms with E-state index in [4.69, 9.17) is 0 Å². The molecule has 3 atom stereocenters. The number of amides is 1. The first-order valence-corrected chi connectivity index (χ1v) is 5.71. The second-order valence-corrected chi connectivity index (χ2v) is 4.64. The third-order valence-corrected chi connectivity index (χ3v) is 3.80. The summed E-state index contributed by atoms with van der Waals surface area (Å²) >= 11 is 0. The number of nitrogens with zero attached hydrogens (tertiary/aromatic N) is 1. The van der Waals surface area contributed by atoms with Gasteiger partial charge in [-0.15, -0.1) is 0 Å². The predicted molar refractivity (Wildman–Crippen MR) is 56.0 cm³/mol. The van der Waals surface area contributed by atoms with Gasteiger partial charge in [0.25, 0.3) is 0 Å². The Morgan fingerprint density at radius 1 is 1.36 bits per heavy atom. The molecule has 1 aliphatic heterocycles. The molecule has 3 unspecified atom stereocenters. The largest absolute Gasteiger partial charge is 0.338 e. The summed E-state index contributed by atoms with van der Waals surface area (Å²) in [4.78, 5) is 14.0. The summed E-state index contributed by atoms with van der Waals surface area (Å²) in [5.41, 5.74) is 0. The highest BCUT2D eigenvalue weighted by Gasteiger charge is 2.38. The van der Waals surface area contributed by atoms with Gasteiger partial charge in [-0.05, 0) is 32.2 Å². The molecule has 0 radical (unpaired) electrons. The molecule has 1 N–H and O–H groups in total. The van der Waals surface area contributed by atoms with Gasteiger partial charge in [-0.3, -0.25) is 4.79 Å². The summed E-state index contributed by atoms with van der Waals surface area (Å²) < 4.78 is 0. The summed E-state index contributed by atoms with van der Waals surface area (Å²) in [6.45, 7) is 3.23. The van der Waals surface area contributed by atoms with Crippen LogP contribution in [0.25, 0.3) is 0 Å². The zero-order chi connectivity index (χ0) is 10.1. The maximum Gasteiger partial charge on any atom is 0.240 e. The highest BCUT2D eigenvalue weighted by molar-refractivity contribution is 5.84. The predicted octanol–water partition coefficient (Wildman–Crippen LogP) is 0.995. The molecule has 1 amide bonds. The molecule has 1 saturated carbocycles. The fourth-order valence-electron chi connectivity index (χ4n) is 2.89. The number of carbonyl (C=O) groups is 1. The van der Waals surface area contributed by atoms with E-state index in [2.05, 4.69) is 17.1 Å². The van der Waals surface area contributed by atoms with Crippen molar-refractivity contribution in [2.24, 2.45) is 5.92 Å². The molecule has 2 fully saturated rings. The normalized spacial score (nSPS) is 38.3. The quantitative estimate of drug-likeness (QED) is 0.714. The van der Waals surface area contributed by atoms with Crippen molar-refractivity contribution in [3.63, 3.8) is 0 Å². The van der Waals surface area contributed by atoms with Gasteiger partial charge in [0.15, 0.2) is 0 Å². The highest BCUT2D eigenvalue weighted by atomic mass is 16.2. The average Bonchev–Trinajstić information content (AvgIpc) is 2.72. The summed E-state index contributed by atoms with van der Waals surface area (Å²) in [6, 6.07) is 0.614. The van der Waals surface area contributed by atoms with Crippen LogP contribution in [0.1, 0.15) is 32.6 Å². The van der Waals surface area contributed by atoms with E-state index >= 15 is 0 Å². The third kappa shape index (κ3) is 1.54. The lowest BCUT2D eigenvalue weighted by atomic mass is 10.1. The molecule has 1 saturated heterocycles. The third-order valence-electron chi connectivity index (χ3n) is 3.80. The topological polar surface area (TPSA) is 32.3 Å². The molecule has 0 spiro atoms. The smallest absolute Gasteiger partial charge is 0.240 e. The number of likely N-dealkylation sites (N-methyl/N-ethyl adjacent to an activating group) is 1. The van der Waals surface area contributed by atoms with Gasteiger partial charge in [-0.25, -0.2) is 0 Å². The van der Waals surface area contributed by atoms with E-state index in [0.29, 0.717) is 17.9 Å². The number of rotatable bonds is 2. The Bertz CT molecular complexity index is 229. The first-order chi connectivity index (χ1) is 6.74. The maximum absolute atomic E-state index is 11.9. The molecule has 2 rings (SSSR count). The van der Waals surface area contributed by atoms with Gasteiger partial charge in [0.1, 0.15) is 0 Å². The Morgan fingerprint density at radius 3 is 2.64 bits per heavy atom. The van der Waals surface area contributed by atoms with Crippen LogP contribution in [0.15, 0.2) is 0 Å². The van der Waals surface area contributed by atoms with Crippen LogP contribution in [0.5, 0.6) is 0 Å². The van der Waals surface area contributed by atoms with Crippen LogP contribution < -0.4 is 5.32 Å². The Kier molecular flexibility index (Phi) is 2.77. The van der Waals surface area contributed by atoms with E-state index in [1.54, 1.807) is 0 Å². The molecule has 0 aromatic carbocycles. The van der Waals surface area contributed by atoms with E-state index in [1.807, 2.05) is 7.05 Å². The van der Waals surface area contributed by atoms with Gasteiger partial charge in [-0.1, -0.05) is 13.3 Å². The maximum atomic E-state index is 11.9. The SMILES string of the molecule is CNC1CCN(C2CCCC2C)C1=O. The Morgan fingerprint density at radius 2 is 2.14 bits per heavy atom. The molecular weight excluding hydrogens is 176 g/mol. The lowest BCUT2D eigenvalue weighted by molar-refractivity contribution is -0.131. The van der Waals surface area contributed by atoms with Crippen molar-refractivity contribution in [3.05, 3.63) is 0 Å². The van der Waals surface area contributed by atoms with Crippen LogP contribution in [0.3, 0.4) is 0 Å². The summed E-state index contributed by atoms with van der Waals surface area (Å²) in [5, 5.41) is 3.09. The van der Waals surface area contributed by atoms with Gasteiger partial charge in [0.05, 0.1) is 6.04 Å². The zero-order valence-corrected chi connectivity index (χ0v) is 9.12. The first kappa shape index (κ1) is 9.97. The molecule has 2 aliphatic rings. The van der Waals surface area contributed by atoms with Crippen LogP contribution in [0, 0.1) is 5.92 Å². The zero-order valence-electron chi connectivity index (χ0n) is 9.12. The van der Waals surface area contributed by atoms with Gasteiger partial charge < -0.3 is 10.2 Å². The Labute approximate surface area is 85.8 Å².